The number of nitrogen functional groups attached to an aromatic ring is 1. The first-order chi connectivity index (χ1) is 20.1. The fourth-order valence-electron chi connectivity index (χ4n) is 4.51. The van der Waals surface area contributed by atoms with Gasteiger partial charge in [-0.15, -0.1) is 6.42 Å². The number of carbonyl (C=O) groups is 1. The number of terminal acetylenes is 1. The number of carbonyl (C=O) groups excluding carboxylic acids is 1. The average molecular weight is 583 g/mol. The second-order valence-corrected chi connectivity index (χ2v) is 11.3. The van der Waals surface area contributed by atoms with Crippen molar-refractivity contribution in [2.24, 2.45) is 0 Å². The number of sulfonamides is 1. The number of hydrogen-bond acceptors (Lipinski definition) is 7. The maximum atomic E-state index is 14.1. The van der Waals surface area contributed by atoms with Crippen LogP contribution >= 0.6 is 0 Å². The summed E-state index contributed by atoms with van der Waals surface area (Å²) in [6.45, 7) is 3.98. The number of hydrogen-bond donors (Lipinski definition) is 4. The van der Waals surface area contributed by atoms with Crippen LogP contribution in [0.1, 0.15) is 47.1 Å². The van der Waals surface area contributed by atoms with Crippen molar-refractivity contribution in [3.63, 3.8) is 0 Å². The molecule has 0 unspecified atom stereocenters. The van der Waals surface area contributed by atoms with E-state index < -0.39 is 27.5 Å². The van der Waals surface area contributed by atoms with E-state index in [9.17, 15) is 18.0 Å². The third kappa shape index (κ3) is 6.44. The van der Waals surface area contributed by atoms with Gasteiger partial charge in [-0.2, -0.15) is 0 Å². The Morgan fingerprint density at radius 3 is 2.86 bits per heavy atom. The molecular weight excluding hydrogens is 552 g/mol. The maximum absolute atomic E-state index is 14.1. The summed E-state index contributed by atoms with van der Waals surface area (Å²) < 4.78 is 26.5. The summed E-state index contributed by atoms with van der Waals surface area (Å²) in [5.41, 5.74) is 8.29. The molecule has 3 aromatic rings. The number of aromatic nitrogens is 2. The Kier molecular flexibility index (Phi) is 8.96. The zero-order valence-corrected chi connectivity index (χ0v) is 24.2. The van der Waals surface area contributed by atoms with Gasteiger partial charge in [0.2, 0.25) is 10.0 Å². The largest absolute Gasteiger partial charge is 0.383 e. The van der Waals surface area contributed by atoms with E-state index in [1.54, 1.807) is 55.6 Å². The number of rotatable bonds is 7. The van der Waals surface area contributed by atoms with Crippen molar-refractivity contribution >= 4 is 50.0 Å². The minimum atomic E-state index is -3.42. The topological polar surface area (TPSA) is 148 Å². The Bertz CT molecular complexity index is 1940. The number of pyridine rings is 2. The van der Waals surface area contributed by atoms with Crippen molar-refractivity contribution in [2.75, 3.05) is 30.4 Å². The molecule has 0 aliphatic carbocycles. The molecule has 0 bridgehead atoms. The molecule has 1 amide bonds. The molecule has 1 atom stereocenters. The van der Waals surface area contributed by atoms with Gasteiger partial charge in [-0.1, -0.05) is 54.2 Å². The highest BCUT2D eigenvalue weighted by Crippen LogP contribution is 2.29. The van der Waals surface area contributed by atoms with Gasteiger partial charge in [-0.25, -0.2) is 18.1 Å². The summed E-state index contributed by atoms with van der Waals surface area (Å²) in [4.78, 5) is 31.8. The van der Waals surface area contributed by atoms with Crippen LogP contribution in [-0.4, -0.2) is 43.2 Å². The van der Waals surface area contributed by atoms with E-state index in [4.69, 9.17) is 12.2 Å². The van der Waals surface area contributed by atoms with Gasteiger partial charge in [0, 0.05) is 29.6 Å². The molecule has 42 heavy (non-hydrogen) atoms. The highest BCUT2D eigenvalue weighted by atomic mass is 32.2. The summed E-state index contributed by atoms with van der Waals surface area (Å²) in [7, 11) is -3.42. The Hall–Kier alpha value is -5.10. The van der Waals surface area contributed by atoms with Gasteiger partial charge in [-0.05, 0) is 37.4 Å². The van der Waals surface area contributed by atoms with Crippen LogP contribution < -0.4 is 26.6 Å². The highest BCUT2D eigenvalue weighted by Gasteiger charge is 2.24. The van der Waals surface area contributed by atoms with Gasteiger partial charge in [0.05, 0.1) is 35.6 Å². The lowest BCUT2D eigenvalue weighted by Crippen LogP contribution is -2.33. The summed E-state index contributed by atoms with van der Waals surface area (Å²) in [5.74, 6) is 7.81. The third-order valence-corrected chi connectivity index (χ3v) is 7.08. The number of nitrogens with zero attached hydrogens (tertiary/aromatic N) is 2. The zero-order chi connectivity index (χ0) is 30.4. The predicted octanol–water partition coefficient (Wildman–Crippen LogP) is 2.86. The standard InChI is InChI=1S/C31H30N6O4S/c1-5-7-15-24(6-2)37-25(20(3)36-30(38)27-28-23(14-9-16-33-28)19-34-29(27)32)18-22-12-8-11-21(26(22)31(37)39)13-10-17-35-42(4,40)41/h2,5,7-9,11-12,14-15,18-20,33,35H,16-17H2,1,3-4H3,(H2,32,34)(H,36,38)/b7-5-,24-15+/t20-/m0/s1. The first-order valence-corrected chi connectivity index (χ1v) is 14.9. The predicted molar refractivity (Wildman–Crippen MR) is 168 cm³/mol. The first-order valence-electron chi connectivity index (χ1n) is 13.0. The number of amides is 1. The van der Waals surface area contributed by atoms with Crippen molar-refractivity contribution in [3.8, 4) is 24.2 Å². The molecule has 5 N–H and O–H groups in total. The van der Waals surface area contributed by atoms with Gasteiger partial charge in [0.1, 0.15) is 11.4 Å². The third-order valence-electron chi connectivity index (χ3n) is 6.41. The van der Waals surface area contributed by atoms with Crippen LogP contribution in [-0.2, 0) is 10.0 Å². The molecule has 4 rings (SSSR count). The molecule has 0 fully saturated rings. The quantitative estimate of drug-likeness (QED) is 0.247. The van der Waals surface area contributed by atoms with E-state index in [-0.39, 0.29) is 23.6 Å². The Morgan fingerprint density at radius 2 is 2.14 bits per heavy atom. The van der Waals surface area contributed by atoms with Crippen molar-refractivity contribution in [1.82, 2.24) is 19.6 Å². The zero-order valence-electron chi connectivity index (χ0n) is 23.4. The molecule has 10 nitrogen and oxygen atoms in total. The monoisotopic (exact) mass is 582 g/mol. The van der Waals surface area contributed by atoms with Crippen molar-refractivity contribution in [1.29, 1.82) is 0 Å². The lowest BCUT2D eigenvalue weighted by atomic mass is 10.0. The van der Waals surface area contributed by atoms with Crippen molar-refractivity contribution in [2.45, 2.75) is 19.9 Å². The smallest absolute Gasteiger partial charge is 0.265 e. The van der Waals surface area contributed by atoms with Crippen LogP contribution in [0, 0.1) is 24.2 Å². The van der Waals surface area contributed by atoms with Crippen LogP contribution in [0.25, 0.3) is 22.5 Å². The van der Waals surface area contributed by atoms with Gasteiger partial charge >= 0.3 is 0 Å². The van der Waals surface area contributed by atoms with Gasteiger partial charge < -0.3 is 16.4 Å². The van der Waals surface area contributed by atoms with Gasteiger partial charge in [0.25, 0.3) is 11.5 Å². The number of benzene rings is 1. The molecule has 11 heteroatoms. The number of allylic oxidation sites excluding steroid dienone is 4. The van der Waals surface area contributed by atoms with Crippen LogP contribution in [0.3, 0.4) is 0 Å². The average Bonchev–Trinajstić information content (AvgIpc) is 2.95. The summed E-state index contributed by atoms with van der Waals surface area (Å²) >= 11 is 0. The normalized spacial score (nSPS) is 13.5. The molecule has 0 spiro atoms. The summed E-state index contributed by atoms with van der Waals surface area (Å²) in [5, 5.41) is 7.00. The van der Waals surface area contributed by atoms with Crippen LogP contribution in [0.15, 0.2) is 59.6 Å². The molecule has 0 saturated carbocycles. The molecule has 1 aromatic carbocycles. The van der Waals surface area contributed by atoms with Crippen molar-refractivity contribution in [3.05, 3.63) is 87.5 Å². The Labute approximate surface area is 244 Å². The van der Waals surface area contributed by atoms with E-state index in [0.717, 1.165) is 11.8 Å². The minimum absolute atomic E-state index is 0.0722. The maximum Gasteiger partial charge on any atom is 0.265 e. The fourth-order valence-corrected chi connectivity index (χ4v) is 4.85. The molecule has 2 aromatic heterocycles. The van der Waals surface area contributed by atoms with E-state index >= 15 is 0 Å². The summed E-state index contributed by atoms with van der Waals surface area (Å²) in [6, 6.07) is 6.25. The lowest BCUT2D eigenvalue weighted by molar-refractivity contribution is 0.0940. The molecule has 0 saturated heterocycles. The van der Waals surface area contributed by atoms with E-state index in [0.29, 0.717) is 34.3 Å². The first kappa shape index (κ1) is 29.9. The van der Waals surface area contributed by atoms with Crippen LogP contribution in [0.4, 0.5) is 11.5 Å². The SMILES string of the molecule is C#C/C(=C\C=C/C)n1c([C@H](C)NC(=O)c2c(N)ncc3c2NCC=C3)cc2cccc(C#CCNS(C)(=O)=O)c2c1=O. The fraction of sp³-hybridized carbons (Fsp3) is 0.194. The molecular formula is C31H30N6O4S. The van der Waals surface area contributed by atoms with E-state index in [1.165, 1.54) is 4.57 Å². The summed E-state index contributed by atoms with van der Waals surface area (Å²) in [6.07, 6.45) is 17.4. The number of anilines is 2. The van der Waals surface area contributed by atoms with E-state index in [1.807, 2.05) is 19.1 Å². The minimum Gasteiger partial charge on any atom is -0.383 e. The number of nitrogens with two attached hydrogens (primary N) is 1. The van der Waals surface area contributed by atoms with Crippen molar-refractivity contribution < 1.29 is 13.2 Å². The molecule has 1 aliphatic heterocycles. The van der Waals surface area contributed by atoms with Crippen LogP contribution in [0.2, 0.25) is 0 Å². The molecule has 0 radical (unpaired) electrons. The lowest BCUT2D eigenvalue weighted by Gasteiger charge is -2.23. The molecule has 3 heterocycles. The second kappa shape index (κ2) is 12.6. The Morgan fingerprint density at radius 1 is 1.36 bits per heavy atom. The Balaban J connectivity index is 1.85. The van der Waals surface area contributed by atoms with E-state index in [2.05, 4.69) is 38.1 Å². The molecule has 214 valence electrons. The number of fused-ring (bicyclic) bond motifs is 2. The van der Waals surface area contributed by atoms with Gasteiger partial charge in [0.15, 0.2) is 0 Å². The highest BCUT2D eigenvalue weighted by molar-refractivity contribution is 7.88. The number of nitrogens with one attached hydrogen (secondary N) is 3. The van der Waals surface area contributed by atoms with Gasteiger partial charge in [-0.3, -0.25) is 14.2 Å². The van der Waals surface area contributed by atoms with Crippen LogP contribution in [0.5, 0.6) is 0 Å². The molecule has 1 aliphatic rings. The second-order valence-electron chi connectivity index (χ2n) is 9.42.